The largest absolute Gasteiger partial charge is 0.465 e. The van der Waals surface area contributed by atoms with Crippen molar-refractivity contribution in [1.29, 1.82) is 0 Å². The number of nitrogen functional groups attached to an aromatic ring is 1. The van der Waals surface area contributed by atoms with Crippen LogP contribution in [0, 0.1) is 12.3 Å². The number of alkyl halides is 3. The van der Waals surface area contributed by atoms with Gasteiger partial charge in [0.2, 0.25) is 17.9 Å². The fourth-order valence-corrected chi connectivity index (χ4v) is 6.95. The maximum atomic E-state index is 15.0. The molecule has 260 valence electrons. The van der Waals surface area contributed by atoms with E-state index in [1.807, 2.05) is 35.2 Å². The van der Waals surface area contributed by atoms with Crippen molar-refractivity contribution in [3.8, 4) is 22.7 Å². The molecular weight excluding hydrogens is 649 g/mol. The summed E-state index contributed by atoms with van der Waals surface area (Å²) in [6.45, 7) is 5.71. The Morgan fingerprint density at radius 1 is 1.08 bits per heavy atom. The molecule has 1 spiro atoms. The first-order valence-electron chi connectivity index (χ1n) is 16.5. The predicted molar refractivity (Wildman–Crippen MR) is 182 cm³/mol. The zero-order valence-corrected chi connectivity index (χ0v) is 27.7. The maximum absolute atomic E-state index is 15.0. The second-order valence-electron chi connectivity index (χ2n) is 12.9. The lowest BCUT2D eigenvalue weighted by atomic mass is 9.76. The van der Waals surface area contributed by atoms with Crippen LogP contribution >= 0.6 is 0 Å². The van der Waals surface area contributed by atoms with E-state index in [0.29, 0.717) is 49.7 Å². The molecule has 2 aliphatic heterocycles. The second-order valence-corrected chi connectivity index (χ2v) is 12.9. The van der Waals surface area contributed by atoms with Gasteiger partial charge in [-0.25, -0.2) is 4.68 Å². The van der Waals surface area contributed by atoms with Crippen molar-refractivity contribution >= 4 is 28.6 Å². The average Bonchev–Trinajstić information content (AvgIpc) is 3.73. The highest BCUT2D eigenvalue weighted by Crippen LogP contribution is 2.43. The highest BCUT2D eigenvalue weighted by molar-refractivity contribution is 5.84. The summed E-state index contributed by atoms with van der Waals surface area (Å²) in [4.78, 5) is 27.0. The normalized spacial score (nSPS) is 18.0. The van der Waals surface area contributed by atoms with Crippen molar-refractivity contribution in [2.75, 3.05) is 36.9 Å². The summed E-state index contributed by atoms with van der Waals surface area (Å²) in [5.74, 6) is -0.371. The van der Waals surface area contributed by atoms with Crippen molar-refractivity contribution in [3.63, 3.8) is 0 Å². The summed E-state index contributed by atoms with van der Waals surface area (Å²) in [5.41, 5.74) is 9.00. The summed E-state index contributed by atoms with van der Waals surface area (Å²) in [6.07, 6.45) is -1.71. The van der Waals surface area contributed by atoms with Crippen molar-refractivity contribution in [1.82, 2.24) is 30.0 Å². The predicted octanol–water partition coefficient (Wildman–Crippen LogP) is 5.96. The summed E-state index contributed by atoms with van der Waals surface area (Å²) in [7, 11) is 0. The molecule has 0 unspecified atom stereocenters. The van der Waals surface area contributed by atoms with Gasteiger partial charge in [-0.05, 0) is 80.0 Å². The van der Waals surface area contributed by atoms with E-state index in [1.165, 1.54) is 16.8 Å². The van der Waals surface area contributed by atoms with E-state index in [4.69, 9.17) is 15.2 Å². The third-order valence-electron chi connectivity index (χ3n) is 9.54. The number of carbonyl (C=O) groups excluding carboxylic acids is 1. The van der Waals surface area contributed by atoms with Crippen molar-refractivity contribution < 1.29 is 27.4 Å². The number of rotatable bonds is 8. The minimum atomic E-state index is -4.82. The van der Waals surface area contributed by atoms with Gasteiger partial charge in [-0.3, -0.25) is 9.78 Å². The van der Waals surface area contributed by atoms with E-state index in [2.05, 4.69) is 25.4 Å². The van der Waals surface area contributed by atoms with Gasteiger partial charge in [0.1, 0.15) is 11.9 Å². The molecule has 0 saturated carbocycles. The molecule has 3 N–H and O–H groups in total. The zero-order chi connectivity index (χ0) is 35.0. The second kappa shape index (κ2) is 13.2. The molecule has 2 aromatic carbocycles. The number of esters is 1. The van der Waals surface area contributed by atoms with Gasteiger partial charge < -0.3 is 25.4 Å². The van der Waals surface area contributed by atoms with Crippen molar-refractivity contribution in [3.05, 3.63) is 84.3 Å². The minimum absolute atomic E-state index is 0.0790. The van der Waals surface area contributed by atoms with Gasteiger partial charge in [0, 0.05) is 49.0 Å². The van der Waals surface area contributed by atoms with E-state index >= 15 is 0 Å². The van der Waals surface area contributed by atoms with E-state index in [-0.39, 0.29) is 40.5 Å². The number of anilines is 2. The van der Waals surface area contributed by atoms with Gasteiger partial charge in [0.05, 0.1) is 23.5 Å². The molecule has 3 aromatic heterocycles. The Balaban J connectivity index is 1.17. The number of ether oxygens (including phenoxy) is 2. The molecule has 2 atom stereocenters. The van der Waals surface area contributed by atoms with Crippen LogP contribution in [0.3, 0.4) is 0 Å². The zero-order valence-electron chi connectivity index (χ0n) is 27.7. The van der Waals surface area contributed by atoms with Crippen LogP contribution in [0.25, 0.3) is 27.7 Å². The van der Waals surface area contributed by atoms with Gasteiger partial charge >= 0.3 is 12.1 Å². The number of nitrogens with two attached hydrogens (primary N) is 1. The van der Waals surface area contributed by atoms with Gasteiger partial charge in [-0.2, -0.15) is 28.2 Å². The van der Waals surface area contributed by atoms with Gasteiger partial charge in [-0.15, -0.1) is 0 Å². The molecule has 11 nitrogen and oxygen atoms in total. The fourth-order valence-electron chi connectivity index (χ4n) is 6.95. The third-order valence-corrected chi connectivity index (χ3v) is 9.54. The van der Waals surface area contributed by atoms with Crippen LogP contribution in [0.15, 0.2) is 73.1 Å². The van der Waals surface area contributed by atoms with Gasteiger partial charge in [0.25, 0.3) is 0 Å². The molecular formula is C36H37F3N8O3. The molecule has 5 aromatic rings. The molecule has 50 heavy (non-hydrogen) atoms. The Morgan fingerprint density at radius 3 is 2.60 bits per heavy atom. The first-order valence-corrected chi connectivity index (χ1v) is 16.5. The van der Waals surface area contributed by atoms with Crippen LogP contribution < -0.4 is 20.7 Å². The van der Waals surface area contributed by atoms with E-state index in [0.717, 1.165) is 29.3 Å². The number of halogens is 3. The van der Waals surface area contributed by atoms with Crippen LogP contribution in [-0.4, -0.2) is 69.2 Å². The number of nitrogens with zero attached hydrogens (tertiary/aromatic N) is 6. The minimum Gasteiger partial charge on any atom is -0.465 e. The summed E-state index contributed by atoms with van der Waals surface area (Å²) in [6, 6.07) is 17.0. The summed E-state index contributed by atoms with van der Waals surface area (Å²) in [5, 5.41) is 8.64. The molecule has 2 saturated heterocycles. The Hall–Kier alpha value is -5.24. The molecule has 7 rings (SSSR count). The van der Waals surface area contributed by atoms with E-state index < -0.39 is 12.3 Å². The molecule has 0 amide bonds. The number of nitrogens with one attached hydrogen (secondary N) is 1. The quantitative estimate of drug-likeness (QED) is 0.188. The monoisotopic (exact) mass is 686 g/mol. The standard InChI is InChI=1S/C36H37F3N8O3/c1-3-49-33(48)28-20-35(21-42-28)11-15-46(16-12-35)30-19-31(44-34(40)43-30)50-32(36(37,38)39)26-8-6-24(18-29(26)47-14-10-22(2)45-47)23-7-9-27-25(17-23)5-4-13-41-27/h4-10,13-14,17-19,28,32,42H,3,11-12,15-16,20-21H2,1-2H3,(H2,40,43,44)/t28-,32+/m0/s1. The van der Waals surface area contributed by atoms with Crippen LogP contribution in [0.2, 0.25) is 0 Å². The molecule has 0 aliphatic carbocycles. The lowest BCUT2D eigenvalue weighted by molar-refractivity contribution is -0.198. The van der Waals surface area contributed by atoms with E-state index in [1.54, 1.807) is 44.4 Å². The molecule has 14 heteroatoms. The number of hydrogen-bond donors (Lipinski definition) is 2. The summed E-state index contributed by atoms with van der Waals surface area (Å²) < 4.78 is 57.2. The summed E-state index contributed by atoms with van der Waals surface area (Å²) >= 11 is 0. The van der Waals surface area contributed by atoms with Crippen LogP contribution in [-0.2, 0) is 9.53 Å². The number of aromatic nitrogens is 5. The van der Waals surface area contributed by atoms with Gasteiger partial charge in [-0.1, -0.05) is 24.3 Å². The number of pyridine rings is 1. The SMILES string of the molecule is CCOC(=O)[C@@H]1CC2(CCN(c3cc(O[C@H](c4ccc(-c5ccc6ncccc6c5)cc4-n4ccc(C)n4)C(F)(F)F)nc(N)n3)CC2)CN1. The lowest BCUT2D eigenvalue weighted by Gasteiger charge is -2.39. The Labute approximate surface area is 286 Å². The van der Waals surface area contributed by atoms with Crippen LogP contribution in [0.5, 0.6) is 5.88 Å². The first-order chi connectivity index (χ1) is 24.0. The first kappa shape index (κ1) is 33.3. The molecule has 5 heterocycles. The van der Waals surface area contributed by atoms with Crippen molar-refractivity contribution in [2.24, 2.45) is 5.41 Å². The molecule has 0 bridgehead atoms. The highest BCUT2D eigenvalue weighted by Gasteiger charge is 2.46. The highest BCUT2D eigenvalue weighted by atomic mass is 19.4. The maximum Gasteiger partial charge on any atom is 0.429 e. The van der Waals surface area contributed by atoms with Crippen molar-refractivity contribution in [2.45, 2.75) is 51.4 Å². The van der Waals surface area contributed by atoms with Crippen LogP contribution in [0.4, 0.5) is 24.9 Å². The number of aryl methyl sites for hydroxylation is 1. The lowest BCUT2D eigenvalue weighted by Crippen LogP contribution is -2.41. The molecule has 2 aliphatic rings. The van der Waals surface area contributed by atoms with Crippen LogP contribution in [0.1, 0.15) is 43.5 Å². The third kappa shape index (κ3) is 6.79. The van der Waals surface area contributed by atoms with Gasteiger partial charge in [0.15, 0.2) is 0 Å². The number of piperidine rings is 1. The molecule has 2 fully saturated rings. The Bertz CT molecular complexity index is 2030. The topological polar surface area (TPSA) is 133 Å². The number of fused-ring (bicyclic) bond motifs is 1. The Morgan fingerprint density at radius 2 is 1.86 bits per heavy atom. The number of hydrogen-bond acceptors (Lipinski definition) is 10. The number of benzene rings is 2. The van der Waals surface area contributed by atoms with E-state index in [9.17, 15) is 18.0 Å². The smallest absolute Gasteiger partial charge is 0.429 e. The molecule has 0 radical (unpaired) electrons. The average molecular weight is 687 g/mol. The fraction of sp³-hybridized carbons (Fsp3) is 0.361. The number of carbonyl (C=O) groups is 1. The Kier molecular flexibility index (Phi) is 8.80.